The number of fused-ring (bicyclic) bond motifs is 1. The van der Waals surface area contributed by atoms with Gasteiger partial charge in [0, 0.05) is 34.6 Å². The first-order valence-corrected chi connectivity index (χ1v) is 11.6. The van der Waals surface area contributed by atoms with Crippen LogP contribution in [0, 0.1) is 24.4 Å². The molecule has 0 radical (unpaired) electrons. The molecule has 4 rings (SSSR count). The average molecular weight is 441 g/mol. The zero-order valence-electron chi connectivity index (χ0n) is 17.2. The number of ether oxygens (including phenoxy) is 1. The van der Waals surface area contributed by atoms with Crippen LogP contribution < -0.4 is 10.3 Å². The Morgan fingerprint density at radius 2 is 2.03 bits per heavy atom. The van der Waals surface area contributed by atoms with Gasteiger partial charge in [-0.2, -0.15) is 0 Å². The van der Waals surface area contributed by atoms with Crippen molar-refractivity contribution in [2.45, 2.75) is 19.6 Å². The van der Waals surface area contributed by atoms with Crippen molar-refractivity contribution in [2.75, 3.05) is 6.26 Å². The van der Waals surface area contributed by atoms with Gasteiger partial charge in [-0.25, -0.2) is 13.6 Å². The van der Waals surface area contributed by atoms with E-state index in [1.807, 2.05) is 13.0 Å². The molecule has 1 unspecified atom stereocenters. The van der Waals surface area contributed by atoms with Crippen molar-refractivity contribution < 1.29 is 13.3 Å². The molecular formula is C22H21FN4O3S. The number of aromatic nitrogens is 3. The van der Waals surface area contributed by atoms with Crippen LogP contribution in [0.1, 0.15) is 16.7 Å². The van der Waals surface area contributed by atoms with Gasteiger partial charge in [0.05, 0.1) is 17.0 Å². The van der Waals surface area contributed by atoms with Crippen molar-refractivity contribution in [1.82, 2.24) is 14.4 Å². The molecule has 1 atom stereocenters. The highest BCUT2D eigenvalue weighted by Crippen LogP contribution is 2.35. The fraction of sp³-hybridized carbons (Fsp3) is 0.182. The number of nitrogens with one attached hydrogen (secondary N) is 2. The molecule has 2 N–H and O–H groups in total. The van der Waals surface area contributed by atoms with Crippen LogP contribution in [0.5, 0.6) is 11.6 Å². The fourth-order valence-corrected chi connectivity index (χ4v) is 4.30. The van der Waals surface area contributed by atoms with Gasteiger partial charge in [-0.3, -0.25) is 9.57 Å². The first kappa shape index (κ1) is 20.8. The summed E-state index contributed by atoms with van der Waals surface area (Å²) in [6, 6.07) is 8.16. The molecule has 7 nitrogen and oxygen atoms in total. The van der Waals surface area contributed by atoms with Gasteiger partial charge in [0.25, 0.3) is 5.56 Å². The van der Waals surface area contributed by atoms with E-state index in [1.165, 1.54) is 30.8 Å². The molecule has 4 aromatic rings. The van der Waals surface area contributed by atoms with E-state index in [0.717, 1.165) is 11.1 Å². The van der Waals surface area contributed by atoms with Crippen molar-refractivity contribution >= 4 is 15.2 Å². The molecule has 1 aromatic carbocycles. The molecule has 0 amide bonds. The maximum absolute atomic E-state index is 14.4. The lowest BCUT2D eigenvalue weighted by molar-refractivity contribution is 0.428. The first-order valence-electron chi connectivity index (χ1n) is 9.46. The number of halogens is 1. The summed E-state index contributed by atoms with van der Waals surface area (Å²) < 4.78 is 41.7. The quantitative estimate of drug-likeness (QED) is 0.480. The lowest BCUT2D eigenvalue weighted by Gasteiger charge is -2.13. The lowest BCUT2D eigenvalue weighted by atomic mass is 10.1. The Bertz CT molecular complexity index is 1470. The summed E-state index contributed by atoms with van der Waals surface area (Å²) in [5, 5.41) is 0. The molecule has 9 heteroatoms. The molecular weight excluding hydrogens is 419 g/mol. The summed E-state index contributed by atoms with van der Waals surface area (Å²) in [6.07, 6.45) is 6.06. The highest BCUT2D eigenvalue weighted by Gasteiger charge is 2.19. The molecule has 0 aliphatic heterocycles. The van der Waals surface area contributed by atoms with E-state index in [4.69, 9.17) is 9.52 Å². The molecule has 3 heterocycles. The maximum Gasteiger partial charge on any atom is 0.272 e. The number of aromatic amines is 1. The van der Waals surface area contributed by atoms with E-state index in [-0.39, 0.29) is 22.9 Å². The third kappa shape index (κ3) is 4.22. The molecule has 3 aromatic heterocycles. The van der Waals surface area contributed by atoms with Crippen LogP contribution in [-0.4, -0.2) is 24.8 Å². The molecule has 0 saturated carbocycles. The van der Waals surface area contributed by atoms with E-state index in [0.29, 0.717) is 22.3 Å². The number of pyridine rings is 1. The largest absolute Gasteiger partial charge is 0.435 e. The number of rotatable bonds is 5. The Balaban J connectivity index is 1.93. The maximum atomic E-state index is 14.4. The second-order valence-corrected chi connectivity index (χ2v) is 9.90. The minimum atomic E-state index is -2.81. The second kappa shape index (κ2) is 7.66. The van der Waals surface area contributed by atoms with Gasteiger partial charge < -0.3 is 14.1 Å². The zero-order chi connectivity index (χ0) is 22.3. The van der Waals surface area contributed by atoms with Crippen LogP contribution in [0.2, 0.25) is 0 Å². The third-order valence-corrected chi connectivity index (χ3v) is 5.68. The van der Waals surface area contributed by atoms with Crippen molar-refractivity contribution in [1.29, 1.82) is 4.78 Å². The minimum Gasteiger partial charge on any atom is -0.435 e. The highest BCUT2D eigenvalue weighted by molar-refractivity contribution is 7.90. The topological polar surface area (TPSA) is 100 Å². The molecule has 0 spiro atoms. The lowest BCUT2D eigenvalue weighted by Crippen LogP contribution is -2.09. The van der Waals surface area contributed by atoms with E-state index < -0.39 is 15.5 Å². The van der Waals surface area contributed by atoms with E-state index >= 15 is 0 Å². The van der Waals surface area contributed by atoms with Crippen LogP contribution in [0.4, 0.5) is 4.39 Å². The Labute approximate surface area is 178 Å². The van der Waals surface area contributed by atoms with Crippen molar-refractivity contribution in [3.63, 3.8) is 0 Å². The number of nitrogens with zero attached hydrogens (tertiary/aromatic N) is 2. The average Bonchev–Trinajstić information content (AvgIpc) is 3.01. The Morgan fingerprint density at radius 1 is 1.26 bits per heavy atom. The van der Waals surface area contributed by atoms with E-state index in [2.05, 4.69) is 9.97 Å². The van der Waals surface area contributed by atoms with Crippen molar-refractivity contribution in [3.8, 4) is 22.9 Å². The first-order chi connectivity index (χ1) is 14.6. The molecule has 160 valence electrons. The molecule has 0 saturated heterocycles. The minimum absolute atomic E-state index is 0.00897. The van der Waals surface area contributed by atoms with Crippen LogP contribution >= 0.6 is 0 Å². The van der Waals surface area contributed by atoms with Crippen molar-refractivity contribution in [2.24, 2.45) is 0 Å². The number of hydrogen-bond acceptors (Lipinski definition) is 5. The Hall–Kier alpha value is -3.46. The van der Waals surface area contributed by atoms with Crippen LogP contribution in [0.15, 0.2) is 53.7 Å². The zero-order valence-corrected chi connectivity index (χ0v) is 18.0. The molecule has 0 bridgehead atoms. The predicted molar refractivity (Wildman–Crippen MR) is 118 cm³/mol. The highest BCUT2D eigenvalue weighted by atomic mass is 32.2. The summed E-state index contributed by atoms with van der Waals surface area (Å²) >= 11 is 0. The van der Waals surface area contributed by atoms with Crippen molar-refractivity contribution in [3.05, 3.63) is 81.8 Å². The fourth-order valence-electron chi connectivity index (χ4n) is 3.51. The van der Waals surface area contributed by atoms with Gasteiger partial charge >= 0.3 is 0 Å². The third-order valence-electron chi connectivity index (χ3n) is 4.80. The Kier molecular flexibility index (Phi) is 5.14. The standard InChI is InChI=1S/C22H21FN4O3S/c1-13-4-5-19(17(23)8-13)30-22-16(10-15(11-26-22)12-31(3,24)29)18-9-14(2)20-21(28)25-6-7-27(18)20/h4-11,24H,12H2,1-3H3,(H,25,28). The number of H-pyrrole nitrogens is 1. The molecule has 0 aliphatic rings. The summed E-state index contributed by atoms with van der Waals surface area (Å²) in [6.45, 7) is 3.59. The van der Waals surface area contributed by atoms with Gasteiger partial charge in [0.1, 0.15) is 5.52 Å². The van der Waals surface area contributed by atoms with Crippen LogP contribution in [0.3, 0.4) is 0 Å². The van der Waals surface area contributed by atoms with Gasteiger partial charge in [-0.15, -0.1) is 0 Å². The smallest absolute Gasteiger partial charge is 0.272 e. The molecule has 0 aliphatic carbocycles. The summed E-state index contributed by atoms with van der Waals surface area (Å²) in [5.41, 5.74) is 3.41. The molecule has 0 fully saturated rings. The SMILES string of the molecule is Cc1ccc(Oc2ncc(CS(C)(=N)=O)cc2-c2cc(C)c3c(=O)[nH]ccn23)c(F)c1. The number of hydrogen-bond donors (Lipinski definition) is 2. The predicted octanol–water partition coefficient (Wildman–Crippen LogP) is 4.41. The van der Waals surface area contributed by atoms with Crippen LogP contribution in [0.25, 0.3) is 16.8 Å². The molecule has 31 heavy (non-hydrogen) atoms. The van der Waals surface area contributed by atoms with Gasteiger partial charge in [0.15, 0.2) is 11.6 Å². The van der Waals surface area contributed by atoms with Gasteiger partial charge in [-0.05, 0) is 54.8 Å². The summed E-state index contributed by atoms with van der Waals surface area (Å²) in [5.74, 6) is -0.358. The number of benzene rings is 1. The van der Waals surface area contributed by atoms with Gasteiger partial charge in [-0.1, -0.05) is 6.07 Å². The summed E-state index contributed by atoms with van der Waals surface area (Å²) in [7, 11) is -2.81. The Morgan fingerprint density at radius 3 is 2.74 bits per heavy atom. The van der Waals surface area contributed by atoms with E-state index in [9.17, 15) is 13.4 Å². The number of aryl methyl sites for hydroxylation is 2. The second-order valence-electron chi connectivity index (χ2n) is 7.60. The van der Waals surface area contributed by atoms with Crippen LogP contribution in [-0.2, 0) is 15.5 Å². The monoisotopic (exact) mass is 440 g/mol. The van der Waals surface area contributed by atoms with E-state index in [1.54, 1.807) is 29.7 Å². The normalized spacial score (nSPS) is 13.3. The summed E-state index contributed by atoms with van der Waals surface area (Å²) in [4.78, 5) is 19.3. The van der Waals surface area contributed by atoms with Gasteiger partial charge in [0.2, 0.25) is 5.88 Å².